The van der Waals surface area contributed by atoms with Crippen LogP contribution in [0.4, 0.5) is 23.4 Å². The Morgan fingerprint density at radius 1 is 1.21 bits per heavy atom. The van der Waals surface area contributed by atoms with E-state index in [0.717, 1.165) is 11.9 Å². The van der Waals surface area contributed by atoms with E-state index in [1.165, 1.54) is 12.1 Å². The summed E-state index contributed by atoms with van der Waals surface area (Å²) in [6, 6.07) is 2.62. The maximum Gasteiger partial charge on any atom is 0.250 e. The average molecular weight is 410 g/mol. The number of aryl methyl sites for hydroxylation is 1. The fourth-order valence-electron chi connectivity index (χ4n) is 4.08. The van der Waals surface area contributed by atoms with E-state index in [1.807, 2.05) is 4.57 Å². The molecule has 156 valence electrons. The first-order chi connectivity index (χ1) is 13.7. The molecule has 2 aliphatic rings. The summed E-state index contributed by atoms with van der Waals surface area (Å²) in [6.07, 6.45) is 2.43. The van der Waals surface area contributed by atoms with Gasteiger partial charge in [0.1, 0.15) is 17.5 Å². The Bertz CT molecular complexity index is 899. The van der Waals surface area contributed by atoms with Crippen molar-refractivity contribution in [1.29, 1.82) is 0 Å². The number of carbonyl (C=O) groups excluding carboxylic acids is 1. The Labute approximate surface area is 165 Å². The molecule has 0 radical (unpaired) electrons. The highest BCUT2D eigenvalue weighted by atomic mass is 19.3. The number of fused-ring (bicyclic) bond motifs is 1. The number of likely N-dealkylation sites (tertiary alicyclic amines) is 1. The highest BCUT2D eigenvalue weighted by Gasteiger charge is 2.37. The van der Waals surface area contributed by atoms with Gasteiger partial charge in [0.25, 0.3) is 5.92 Å². The van der Waals surface area contributed by atoms with Crippen LogP contribution in [0.2, 0.25) is 0 Å². The maximum atomic E-state index is 13.6. The van der Waals surface area contributed by atoms with E-state index >= 15 is 0 Å². The van der Waals surface area contributed by atoms with Gasteiger partial charge in [0.05, 0.1) is 12.1 Å². The molecule has 0 aliphatic carbocycles. The number of rotatable bonds is 4. The molecular weight excluding hydrogens is 388 g/mol. The highest BCUT2D eigenvalue weighted by molar-refractivity contribution is 5.93. The van der Waals surface area contributed by atoms with Gasteiger partial charge in [0, 0.05) is 44.6 Å². The standard InChI is InChI=1S/C20H22F4N4O/c1-12(27-6-4-20(23,24)5-7-27)19(29)26-17-11-28-16(2-3-18(28)25-17)13-8-14(21)10-15(22)9-13/h8-12,16H,2-7H2,1H3,(H,26,29)/t12-,16+/m0/s1. The quantitative estimate of drug-likeness (QED) is 0.781. The summed E-state index contributed by atoms with van der Waals surface area (Å²) in [5.41, 5.74) is 0.513. The molecule has 1 aromatic heterocycles. The van der Waals surface area contributed by atoms with Gasteiger partial charge in [0.15, 0.2) is 5.82 Å². The molecule has 0 bridgehead atoms. The number of anilines is 1. The van der Waals surface area contributed by atoms with Crippen molar-refractivity contribution >= 4 is 11.7 Å². The Hall–Kier alpha value is -2.42. The minimum atomic E-state index is -2.66. The van der Waals surface area contributed by atoms with Crippen molar-refractivity contribution < 1.29 is 22.4 Å². The molecule has 9 heteroatoms. The molecule has 1 amide bonds. The molecule has 3 heterocycles. The van der Waals surface area contributed by atoms with Gasteiger partial charge in [-0.15, -0.1) is 0 Å². The van der Waals surface area contributed by atoms with E-state index in [-0.39, 0.29) is 37.9 Å². The van der Waals surface area contributed by atoms with E-state index in [0.29, 0.717) is 24.2 Å². The lowest BCUT2D eigenvalue weighted by Crippen LogP contribution is -2.48. The van der Waals surface area contributed by atoms with Gasteiger partial charge in [-0.1, -0.05) is 0 Å². The van der Waals surface area contributed by atoms with E-state index in [1.54, 1.807) is 18.0 Å². The maximum absolute atomic E-state index is 13.6. The Kier molecular flexibility index (Phi) is 5.10. The van der Waals surface area contributed by atoms with E-state index in [2.05, 4.69) is 10.3 Å². The number of piperidine rings is 1. The number of benzene rings is 1. The lowest BCUT2D eigenvalue weighted by atomic mass is 10.0. The molecule has 1 N–H and O–H groups in total. The summed E-state index contributed by atoms with van der Waals surface area (Å²) in [6.45, 7) is 2.00. The minimum absolute atomic E-state index is 0.161. The molecule has 4 rings (SSSR count). The van der Waals surface area contributed by atoms with Gasteiger partial charge in [-0.05, 0) is 31.0 Å². The molecule has 0 unspecified atom stereocenters. The van der Waals surface area contributed by atoms with E-state index < -0.39 is 23.6 Å². The minimum Gasteiger partial charge on any atom is -0.325 e. The number of nitrogens with one attached hydrogen (secondary N) is 1. The molecule has 1 saturated heterocycles. The van der Waals surface area contributed by atoms with Crippen molar-refractivity contribution in [3.05, 3.63) is 47.4 Å². The van der Waals surface area contributed by atoms with Crippen LogP contribution >= 0.6 is 0 Å². The van der Waals surface area contributed by atoms with Crippen molar-refractivity contribution in [3.8, 4) is 0 Å². The fourth-order valence-corrected chi connectivity index (χ4v) is 4.08. The van der Waals surface area contributed by atoms with Crippen molar-refractivity contribution in [1.82, 2.24) is 14.5 Å². The van der Waals surface area contributed by atoms with Crippen molar-refractivity contribution in [3.63, 3.8) is 0 Å². The number of carbonyl (C=O) groups is 1. The molecule has 0 spiro atoms. The molecule has 29 heavy (non-hydrogen) atoms. The fraction of sp³-hybridized carbons (Fsp3) is 0.500. The van der Waals surface area contributed by atoms with Crippen LogP contribution in [0.25, 0.3) is 0 Å². The van der Waals surface area contributed by atoms with E-state index in [9.17, 15) is 22.4 Å². The van der Waals surface area contributed by atoms with Gasteiger partial charge in [-0.25, -0.2) is 22.5 Å². The number of alkyl halides is 2. The van der Waals surface area contributed by atoms with Crippen LogP contribution in [0.5, 0.6) is 0 Å². The zero-order chi connectivity index (χ0) is 20.8. The van der Waals surface area contributed by atoms with Crippen LogP contribution < -0.4 is 5.32 Å². The number of hydrogen-bond donors (Lipinski definition) is 1. The summed E-state index contributed by atoms with van der Waals surface area (Å²) in [5, 5.41) is 2.74. The van der Waals surface area contributed by atoms with Crippen LogP contribution in [-0.2, 0) is 11.2 Å². The first kappa shape index (κ1) is 19.9. The van der Waals surface area contributed by atoms with Gasteiger partial charge in [-0.2, -0.15) is 0 Å². The highest BCUT2D eigenvalue weighted by Crippen LogP contribution is 2.34. The van der Waals surface area contributed by atoms with Crippen LogP contribution in [0.1, 0.15) is 43.6 Å². The summed E-state index contributed by atoms with van der Waals surface area (Å²) < 4.78 is 55.6. The first-order valence-corrected chi connectivity index (χ1v) is 9.68. The lowest BCUT2D eigenvalue weighted by molar-refractivity contribution is -0.124. The van der Waals surface area contributed by atoms with Gasteiger partial charge in [-0.3, -0.25) is 9.69 Å². The molecule has 1 fully saturated rings. The second kappa shape index (κ2) is 7.44. The van der Waals surface area contributed by atoms with Crippen molar-refractivity contribution in [2.45, 2.75) is 50.6 Å². The third-order valence-corrected chi connectivity index (χ3v) is 5.76. The van der Waals surface area contributed by atoms with Crippen LogP contribution in [0.15, 0.2) is 24.4 Å². The SMILES string of the molecule is C[C@@H](C(=O)Nc1cn2c(n1)CC[C@@H]2c1cc(F)cc(F)c1)N1CCC(F)(F)CC1. The number of imidazole rings is 1. The van der Waals surface area contributed by atoms with Crippen LogP contribution in [0, 0.1) is 11.6 Å². The summed E-state index contributed by atoms with van der Waals surface area (Å²) in [7, 11) is 0. The normalized spacial score (nSPS) is 22.3. The molecule has 2 atom stereocenters. The number of amides is 1. The number of halogens is 4. The van der Waals surface area contributed by atoms with Crippen molar-refractivity contribution in [2.24, 2.45) is 0 Å². The molecule has 2 aliphatic heterocycles. The van der Waals surface area contributed by atoms with E-state index in [4.69, 9.17) is 0 Å². The smallest absolute Gasteiger partial charge is 0.250 e. The number of nitrogens with zero attached hydrogens (tertiary/aromatic N) is 3. The molecular formula is C20H22F4N4O. The lowest BCUT2D eigenvalue weighted by Gasteiger charge is -2.34. The van der Waals surface area contributed by atoms with Crippen LogP contribution in [0.3, 0.4) is 0 Å². The topological polar surface area (TPSA) is 50.2 Å². The zero-order valence-corrected chi connectivity index (χ0v) is 16.0. The third kappa shape index (κ3) is 4.14. The second-order valence-electron chi connectivity index (χ2n) is 7.76. The monoisotopic (exact) mass is 410 g/mol. The van der Waals surface area contributed by atoms with Gasteiger partial charge in [0.2, 0.25) is 5.91 Å². The largest absolute Gasteiger partial charge is 0.325 e. The van der Waals surface area contributed by atoms with Gasteiger partial charge >= 0.3 is 0 Å². The molecule has 5 nitrogen and oxygen atoms in total. The van der Waals surface area contributed by atoms with Crippen LogP contribution in [-0.4, -0.2) is 45.4 Å². The second-order valence-corrected chi connectivity index (χ2v) is 7.76. The summed E-state index contributed by atoms with van der Waals surface area (Å²) in [4.78, 5) is 18.7. The zero-order valence-electron chi connectivity index (χ0n) is 16.0. The Morgan fingerprint density at radius 3 is 2.52 bits per heavy atom. The first-order valence-electron chi connectivity index (χ1n) is 9.68. The van der Waals surface area contributed by atoms with Gasteiger partial charge < -0.3 is 9.88 Å². The summed E-state index contributed by atoms with van der Waals surface area (Å²) in [5.74, 6) is -3.18. The Morgan fingerprint density at radius 2 is 1.86 bits per heavy atom. The molecule has 2 aromatic rings. The number of hydrogen-bond acceptors (Lipinski definition) is 3. The Balaban J connectivity index is 1.44. The third-order valence-electron chi connectivity index (χ3n) is 5.76. The predicted octanol–water partition coefficient (Wildman–Crippen LogP) is 3.76. The molecule has 1 aromatic carbocycles. The van der Waals surface area contributed by atoms with Crippen molar-refractivity contribution in [2.75, 3.05) is 18.4 Å². The summed E-state index contributed by atoms with van der Waals surface area (Å²) >= 11 is 0. The predicted molar refractivity (Wildman–Crippen MR) is 98.9 cm³/mol. The number of aromatic nitrogens is 2. The average Bonchev–Trinajstić information content (AvgIpc) is 3.20. The molecule has 0 saturated carbocycles.